The normalized spacial score (nSPS) is 10.8. The Morgan fingerprint density at radius 2 is 2.12 bits per heavy atom. The number of pyridine rings is 1. The van der Waals surface area contributed by atoms with Gasteiger partial charge >= 0.3 is 5.97 Å². The van der Waals surface area contributed by atoms with Gasteiger partial charge in [-0.05, 0) is 24.1 Å². The Balaban J connectivity index is 2.49. The first-order valence-corrected chi connectivity index (χ1v) is 5.34. The number of rotatable bonds is 3. The summed E-state index contributed by atoms with van der Waals surface area (Å²) in [6, 6.07) is 6.77. The molecule has 5 heteroatoms. The predicted molar refractivity (Wildman–Crippen MR) is 62.4 cm³/mol. The summed E-state index contributed by atoms with van der Waals surface area (Å²) in [5.74, 6) is -0.212. The van der Waals surface area contributed by atoms with E-state index in [1.807, 2.05) is 6.07 Å². The number of hydrogen-bond acceptors (Lipinski definition) is 3. The van der Waals surface area contributed by atoms with Gasteiger partial charge in [-0.15, -0.1) is 0 Å². The van der Waals surface area contributed by atoms with Gasteiger partial charge in [-0.1, -0.05) is 19.9 Å². The van der Waals surface area contributed by atoms with E-state index in [2.05, 4.69) is 23.9 Å². The van der Waals surface area contributed by atoms with Gasteiger partial charge in [-0.25, -0.2) is 14.5 Å². The third-order valence-corrected chi connectivity index (χ3v) is 2.43. The first-order chi connectivity index (χ1) is 8.09. The zero-order chi connectivity index (χ0) is 12.4. The highest BCUT2D eigenvalue weighted by Crippen LogP contribution is 2.17. The average Bonchev–Trinajstić information content (AvgIpc) is 2.78. The van der Waals surface area contributed by atoms with Gasteiger partial charge in [0.15, 0.2) is 11.5 Å². The number of carbonyl (C=O) groups is 1. The molecule has 0 saturated heterocycles. The van der Waals surface area contributed by atoms with Crippen LogP contribution in [0.2, 0.25) is 0 Å². The van der Waals surface area contributed by atoms with Crippen molar-refractivity contribution < 1.29 is 9.90 Å². The van der Waals surface area contributed by atoms with Gasteiger partial charge in [0.25, 0.3) is 0 Å². The lowest BCUT2D eigenvalue weighted by Gasteiger charge is -2.09. The van der Waals surface area contributed by atoms with Crippen molar-refractivity contribution in [2.75, 3.05) is 0 Å². The molecule has 0 radical (unpaired) electrons. The summed E-state index contributed by atoms with van der Waals surface area (Å²) in [5.41, 5.74) is 1.02. The molecule has 0 aliphatic rings. The van der Waals surface area contributed by atoms with Gasteiger partial charge in [0, 0.05) is 11.9 Å². The van der Waals surface area contributed by atoms with Crippen LogP contribution in [0.5, 0.6) is 0 Å². The van der Waals surface area contributed by atoms with Gasteiger partial charge in [-0.3, -0.25) is 0 Å². The summed E-state index contributed by atoms with van der Waals surface area (Å²) in [4.78, 5) is 14.9. The molecule has 2 heterocycles. The molecule has 17 heavy (non-hydrogen) atoms. The van der Waals surface area contributed by atoms with E-state index >= 15 is 0 Å². The molecule has 0 aromatic carbocycles. The molecule has 0 bridgehead atoms. The average molecular weight is 231 g/mol. The smallest absolute Gasteiger partial charge is 0.354 e. The van der Waals surface area contributed by atoms with Crippen molar-refractivity contribution in [1.82, 2.24) is 14.8 Å². The van der Waals surface area contributed by atoms with Crippen molar-refractivity contribution in [3.8, 4) is 5.82 Å². The van der Waals surface area contributed by atoms with Gasteiger partial charge in [0.05, 0.1) is 0 Å². The van der Waals surface area contributed by atoms with E-state index < -0.39 is 5.97 Å². The Bertz CT molecular complexity index is 546. The van der Waals surface area contributed by atoms with Crippen LogP contribution < -0.4 is 0 Å². The topological polar surface area (TPSA) is 68.0 Å². The lowest BCUT2D eigenvalue weighted by Crippen LogP contribution is -2.08. The van der Waals surface area contributed by atoms with Crippen LogP contribution in [0.15, 0.2) is 30.5 Å². The van der Waals surface area contributed by atoms with Crippen LogP contribution in [0.25, 0.3) is 5.82 Å². The zero-order valence-corrected chi connectivity index (χ0v) is 9.66. The fraction of sp³-hybridized carbons (Fsp3) is 0.250. The Morgan fingerprint density at radius 1 is 1.35 bits per heavy atom. The Morgan fingerprint density at radius 3 is 2.76 bits per heavy atom. The summed E-state index contributed by atoms with van der Waals surface area (Å²) < 4.78 is 1.66. The quantitative estimate of drug-likeness (QED) is 0.878. The summed E-state index contributed by atoms with van der Waals surface area (Å²) in [7, 11) is 0. The van der Waals surface area contributed by atoms with Crippen LogP contribution >= 0.6 is 0 Å². The molecule has 0 atom stereocenters. The first-order valence-electron chi connectivity index (χ1n) is 5.34. The minimum absolute atomic E-state index is 0.0210. The zero-order valence-electron chi connectivity index (χ0n) is 9.66. The van der Waals surface area contributed by atoms with E-state index in [0.29, 0.717) is 11.7 Å². The molecule has 2 rings (SSSR count). The molecular formula is C12H13N3O2. The Kier molecular flexibility index (Phi) is 2.91. The molecule has 0 fully saturated rings. The monoisotopic (exact) mass is 231 g/mol. The summed E-state index contributed by atoms with van der Waals surface area (Å²) in [6.07, 6.45) is 1.68. The van der Waals surface area contributed by atoms with E-state index in [-0.39, 0.29) is 5.69 Å². The number of carboxylic acid groups (broad SMARTS) is 1. The third-order valence-electron chi connectivity index (χ3n) is 2.43. The number of aromatic carboxylic acids is 1. The molecule has 0 aliphatic heterocycles. The molecule has 0 saturated carbocycles. The molecule has 0 aliphatic carbocycles. The summed E-state index contributed by atoms with van der Waals surface area (Å²) in [5, 5.41) is 13.1. The second-order valence-corrected chi connectivity index (χ2v) is 4.01. The maximum atomic E-state index is 10.8. The van der Waals surface area contributed by atoms with Crippen LogP contribution in [0, 0.1) is 0 Å². The molecule has 1 N–H and O–H groups in total. The fourth-order valence-electron chi connectivity index (χ4n) is 1.60. The predicted octanol–water partition coefficient (Wildman–Crippen LogP) is 2.09. The maximum absolute atomic E-state index is 10.8. The summed E-state index contributed by atoms with van der Waals surface area (Å²) >= 11 is 0. The van der Waals surface area contributed by atoms with Crippen molar-refractivity contribution in [3.05, 3.63) is 41.9 Å². The van der Waals surface area contributed by atoms with Gasteiger partial charge in [0.2, 0.25) is 0 Å². The van der Waals surface area contributed by atoms with Crippen molar-refractivity contribution in [3.63, 3.8) is 0 Å². The maximum Gasteiger partial charge on any atom is 0.354 e. The van der Waals surface area contributed by atoms with E-state index in [0.717, 1.165) is 5.69 Å². The largest absolute Gasteiger partial charge is 0.477 e. The second-order valence-electron chi connectivity index (χ2n) is 4.01. The van der Waals surface area contributed by atoms with Gasteiger partial charge < -0.3 is 5.11 Å². The molecular weight excluding hydrogens is 218 g/mol. The molecule has 0 spiro atoms. The first kappa shape index (κ1) is 11.3. The number of nitrogens with zero attached hydrogens (tertiary/aromatic N) is 3. The van der Waals surface area contributed by atoms with Crippen LogP contribution in [-0.4, -0.2) is 25.8 Å². The highest BCUT2D eigenvalue weighted by Gasteiger charge is 2.11. The SMILES string of the molecule is CC(C)c1ccnn1-c1cccc(C(=O)O)n1. The van der Waals surface area contributed by atoms with Gasteiger partial charge in [-0.2, -0.15) is 5.10 Å². The van der Waals surface area contributed by atoms with E-state index in [9.17, 15) is 4.79 Å². The highest BCUT2D eigenvalue weighted by atomic mass is 16.4. The van der Waals surface area contributed by atoms with Crippen molar-refractivity contribution in [2.24, 2.45) is 0 Å². The molecule has 2 aromatic rings. The third kappa shape index (κ3) is 2.18. The standard InChI is InChI=1S/C12H13N3O2/c1-8(2)10-6-7-13-15(10)11-5-3-4-9(14-11)12(16)17/h3-8H,1-2H3,(H,16,17). The van der Waals surface area contributed by atoms with Crippen LogP contribution in [0.4, 0.5) is 0 Å². The van der Waals surface area contributed by atoms with Gasteiger partial charge in [0.1, 0.15) is 0 Å². The molecule has 88 valence electrons. The minimum atomic E-state index is -1.04. The fourth-order valence-corrected chi connectivity index (χ4v) is 1.60. The van der Waals surface area contributed by atoms with Crippen molar-refractivity contribution in [2.45, 2.75) is 19.8 Å². The highest BCUT2D eigenvalue weighted by molar-refractivity contribution is 5.85. The lowest BCUT2D eigenvalue weighted by atomic mass is 10.1. The van der Waals surface area contributed by atoms with E-state index in [1.165, 1.54) is 6.07 Å². The Hall–Kier alpha value is -2.17. The van der Waals surface area contributed by atoms with Crippen LogP contribution in [-0.2, 0) is 0 Å². The van der Waals surface area contributed by atoms with Crippen molar-refractivity contribution in [1.29, 1.82) is 0 Å². The molecule has 5 nitrogen and oxygen atoms in total. The summed E-state index contributed by atoms with van der Waals surface area (Å²) in [6.45, 7) is 4.10. The lowest BCUT2D eigenvalue weighted by molar-refractivity contribution is 0.0690. The van der Waals surface area contributed by atoms with E-state index in [1.54, 1.807) is 23.0 Å². The second kappa shape index (κ2) is 4.37. The number of carboxylic acids is 1. The molecule has 2 aromatic heterocycles. The van der Waals surface area contributed by atoms with Crippen molar-refractivity contribution >= 4 is 5.97 Å². The molecule has 0 amide bonds. The molecule has 0 unspecified atom stereocenters. The van der Waals surface area contributed by atoms with Crippen LogP contribution in [0.1, 0.15) is 35.9 Å². The Labute approximate surface area is 98.7 Å². The van der Waals surface area contributed by atoms with E-state index in [4.69, 9.17) is 5.11 Å². The minimum Gasteiger partial charge on any atom is -0.477 e. The number of hydrogen-bond donors (Lipinski definition) is 1. The number of aromatic nitrogens is 3. The van der Waals surface area contributed by atoms with Crippen LogP contribution in [0.3, 0.4) is 0 Å².